The molecule has 8 rings (SSSR count). The Kier molecular flexibility index (Phi) is 5.49. The number of rotatable bonds is 3. The van der Waals surface area contributed by atoms with Crippen LogP contribution in [-0.4, -0.2) is 35.3 Å². The Balaban J connectivity index is 1.67. The highest BCUT2D eigenvalue weighted by Crippen LogP contribution is 2.34. The first-order chi connectivity index (χ1) is 20.1. The van der Waals surface area contributed by atoms with E-state index >= 15 is 0 Å². The van der Waals surface area contributed by atoms with Gasteiger partial charge in [0.1, 0.15) is 13.6 Å². The van der Waals surface area contributed by atoms with Crippen LogP contribution in [-0.2, 0) is 12.8 Å². The fourth-order valence-corrected chi connectivity index (χ4v) is 13.0. The summed E-state index contributed by atoms with van der Waals surface area (Å²) in [5, 5.41) is 8.80. The second kappa shape index (κ2) is 9.15. The van der Waals surface area contributed by atoms with Crippen LogP contribution in [0.1, 0.15) is 27.8 Å². The molecule has 0 unspecified atom stereocenters. The smallest absolute Gasteiger partial charge is 0.203 e. The molecule has 0 fully saturated rings. The zero-order chi connectivity index (χ0) is 27.7. The predicted molar refractivity (Wildman–Crippen MR) is 175 cm³/mol. The van der Waals surface area contributed by atoms with Gasteiger partial charge in [-0.05, 0) is 85.3 Å². The fraction of sp³-hybridized carbons (Fsp3) is 0.184. The highest BCUT2D eigenvalue weighted by atomic mass is 28.3. The maximum atomic E-state index is 2.60. The molecule has 0 radical (unpaired) electrons. The number of likely N-dealkylation sites (N-methyl/N-ethyl adjacent to an activating group) is 2. The van der Waals surface area contributed by atoms with Crippen molar-refractivity contribution in [3.05, 3.63) is 148 Å². The molecular weight excluding hydrogens is 513 g/mol. The average Bonchev–Trinajstić information content (AvgIpc) is 3.56. The summed E-state index contributed by atoms with van der Waals surface area (Å²) in [4.78, 5) is 2.46. The highest BCUT2D eigenvalue weighted by molar-refractivity contribution is 7.20. The van der Waals surface area contributed by atoms with Crippen LogP contribution in [0.3, 0.4) is 0 Å². The number of hydrogen-bond donors (Lipinski definition) is 0. The third-order valence-corrected chi connectivity index (χ3v) is 14.7. The first-order valence-corrected chi connectivity index (χ1v) is 16.9. The van der Waals surface area contributed by atoms with Gasteiger partial charge in [0, 0.05) is 37.3 Å². The Morgan fingerprint density at radius 1 is 0.683 bits per heavy atom. The van der Waals surface area contributed by atoms with Gasteiger partial charge in [0.25, 0.3) is 0 Å². The minimum absolute atomic E-state index is 1.08. The van der Waals surface area contributed by atoms with E-state index in [4.69, 9.17) is 0 Å². The van der Waals surface area contributed by atoms with E-state index < -0.39 is 8.07 Å². The van der Waals surface area contributed by atoms with E-state index in [1.807, 2.05) is 0 Å². The Labute approximate surface area is 243 Å². The molecule has 0 aromatic heterocycles. The summed E-state index contributed by atoms with van der Waals surface area (Å²) in [6.45, 7) is 4.43. The number of fused-ring (bicyclic) bond motifs is 4. The SMILES string of the molecule is Cc1ccccc1C1=c2cc3c(cc2[Si](c2ccccc2)(c2ccccc2)c2cc4c(cc21)CCN4C)=[N+](C)CC3. The molecule has 0 aliphatic carbocycles. The Morgan fingerprint density at radius 3 is 2.07 bits per heavy atom. The molecule has 3 aliphatic rings. The summed E-state index contributed by atoms with van der Waals surface area (Å²) in [6.07, 6.45) is 2.21. The molecule has 0 amide bonds. The van der Waals surface area contributed by atoms with Crippen LogP contribution >= 0.6 is 0 Å². The van der Waals surface area contributed by atoms with Gasteiger partial charge in [-0.3, -0.25) is 0 Å². The molecule has 41 heavy (non-hydrogen) atoms. The minimum atomic E-state index is -2.69. The number of nitrogens with zero attached hydrogens (tertiary/aromatic N) is 2. The Morgan fingerprint density at radius 2 is 1.37 bits per heavy atom. The van der Waals surface area contributed by atoms with Crippen molar-refractivity contribution in [2.75, 3.05) is 32.1 Å². The van der Waals surface area contributed by atoms with Crippen molar-refractivity contribution >= 4 is 40.1 Å². The fourth-order valence-electron chi connectivity index (χ4n) is 7.83. The third-order valence-electron chi connectivity index (χ3n) is 9.87. The van der Waals surface area contributed by atoms with E-state index in [-0.39, 0.29) is 0 Å². The van der Waals surface area contributed by atoms with Gasteiger partial charge in [-0.2, -0.15) is 0 Å². The molecule has 200 valence electrons. The molecule has 0 N–H and O–H groups in total. The highest BCUT2D eigenvalue weighted by Gasteiger charge is 2.48. The van der Waals surface area contributed by atoms with Crippen LogP contribution in [0, 0.1) is 6.92 Å². The molecule has 3 heteroatoms. The lowest BCUT2D eigenvalue weighted by Crippen LogP contribution is -2.80. The van der Waals surface area contributed by atoms with Gasteiger partial charge in [-0.25, -0.2) is 4.58 Å². The van der Waals surface area contributed by atoms with E-state index in [0.717, 1.165) is 25.9 Å². The summed E-state index contributed by atoms with van der Waals surface area (Å²) in [5.74, 6) is 0. The summed E-state index contributed by atoms with van der Waals surface area (Å²) >= 11 is 0. The quantitative estimate of drug-likeness (QED) is 0.244. The Hall–Kier alpha value is -4.21. The van der Waals surface area contributed by atoms with E-state index in [1.54, 1.807) is 0 Å². The van der Waals surface area contributed by atoms with Gasteiger partial charge in [0.15, 0.2) is 8.07 Å². The van der Waals surface area contributed by atoms with E-state index in [9.17, 15) is 0 Å². The predicted octanol–water partition coefficient (Wildman–Crippen LogP) is 2.60. The number of hydrogen-bond acceptors (Lipinski definition) is 1. The van der Waals surface area contributed by atoms with Crippen molar-refractivity contribution in [1.29, 1.82) is 0 Å². The second-order valence-electron chi connectivity index (χ2n) is 12.1. The third kappa shape index (κ3) is 3.45. The van der Waals surface area contributed by atoms with Gasteiger partial charge in [0.2, 0.25) is 5.36 Å². The van der Waals surface area contributed by atoms with E-state index in [2.05, 4.69) is 140 Å². The van der Waals surface area contributed by atoms with Crippen LogP contribution < -0.4 is 40.8 Å². The van der Waals surface area contributed by atoms with Crippen molar-refractivity contribution in [2.24, 2.45) is 0 Å². The topological polar surface area (TPSA) is 6.25 Å². The molecule has 0 bridgehead atoms. The normalized spacial score (nSPS) is 16.3. The molecule has 5 aromatic rings. The van der Waals surface area contributed by atoms with E-state index in [0.29, 0.717) is 0 Å². The molecule has 5 aromatic carbocycles. The van der Waals surface area contributed by atoms with Crippen molar-refractivity contribution in [3.8, 4) is 0 Å². The molecular formula is C38H35N2Si+. The summed E-state index contributed by atoms with van der Waals surface area (Å²) in [7, 11) is 1.83. The second-order valence-corrected chi connectivity index (χ2v) is 15.8. The monoisotopic (exact) mass is 547 g/mol. The lowest BCUT2D eigenvalue weighted by molar-refractivity contribution is 0.720. The molecule has 2 nitrogen and oxygen atoms in total. The summed E-state index contributed by atoms with van der Waals surface area (Å²) in [6, 6.07) is 42.3. The van der Waals surface area contributed by atoms with Crippen molar-refractivity contribution in [1.82, 2.24) is 4.58 Å². The zero-order valence-corrected chi connectivity index (χ0v) is 25.1. The molecule has 0 spiro atoms. The van der Waals surface area contributed by atoms with Crippen LogP contribution in [0.2, 0.25) is 0 Å². The van der Waals surface area contributed by atoms with Crippen molar-refractivity contribution < 1.29 is 0 Å². The van der Waals surface area contributed by atoms with E-state index in [1.165, 1.54) is 70.4 Å². The van der Waals surface area contributed by atoms with Crippen LogP contribution in [0.5, 0.6) is 0 Å². The standard InChI is InChI=1S/C38H35N2Si/c1-26-12-10-11-17-31(26)38-32-22-27-18-20-39(2)34(27)24-36(32)41(29-13-6-4-7-14-29,30-15-8-5-9-16-30)37-25-35-28(23-33(37)38)19-21-40(35)3/h4-17,22-25H,18-21H2,1-3H3/q+1. The lowest BCUT2D eigenvalue weighted by Gasteiger charge is -2.40. The average molecular weight is 548 g/mol. The van der Waals surface area contributed by atoms with Gasteiger partial charge in [-0.1, -0.05) is 84.9 Å². The van der Waals surface area contributed by atoms with Crippen molar-refractivity contribution in [3.63, 3.8) is 0 Å². The van der Waals surface area contributed by atoms with Gasteiger partial charge in [0.05, 0.1) is 0 Å². The number of benzene rings is 5. The number of anilines is 1. The zero-order valence-electron chi connectivity index (χ0n) is 24.1. The first-order valence-electron chi connectivity index (χ1n) is 14.9. The van der Waals surface area contributed by atoms with Crippen LogP contribution in [0.4, 0.5) is 5.69 Å². The van der Waals surface area contributed by atoms with Gasteiger partial charge >= 0.3 is 0 Å². The molecule has 3 heterocycles. The molecule has 0 saturated heterocycles. The largest absolute Gasteiger partial charge is 0.374 e. The number of aryl methyl sites for hydroxylation is 1. The lowest BCUT2D eigenvalue weighted by atomic mass is 9.90. The maximum Gasteiger partial charge on any atom is 0.203 e. The van der Waals surface area contributed by atoms with Gasteiger partial charge < -0.3 is 4.90 Å². The summed E-state index contributed by atoms with van der Waals surface area (Å²) < 4.78 is 2.46. The first kappa shape index (κ1) is 24.6. The van der Waals surface area contributed by atoms with Crippen LogP contribution in [0.25, 0.3) is 5.57 Å². The summed E-state index contributed by atoms with van der Waals surface area (Å²) in [5.41, 5.74) is 9.90. The molecule has 0 atom stereocenters. The van der Waals surface area contributed by atoms with Crippen molar-refractivity contribution in [2.45, 2.75) is 19.8 Å². The Bertz CT molecular complexity index is 1940. The van der Waals surface area contributed by atoms with Crippen LogP contribution in [0.15, 0.2) is 109 Å². The van der Waals surface area contributed by atoms with Gasteiger partial charge in [-0.15, -0.1) is 0 Å². The maximum absolute atomic E-state index is 2.69. The molecule has 3 aliphatic heterocycles. The minimum Gasteiger partial charge on any atom is -0.374 e. The molecule has 0 saturated carbocycles.